The molecule has 5 nitrogen and oxygen atoms in total. The van der Waals surface area contributed by atoms with Crippen molar-refractivity contribution >= 4 is 20.9 Å². The maximum Gasteiger partial charge on any atom is 0.238 e. The first kappa shape index (κ1) is 17.8. The predicted octanol–water partition coefficient (Wildman–Crippen LogP) is 2.44. The zero-order chi connectivity index (χ0) is 19.2. The molecule has 4 rings (SSSR count). The first-order chi connectivity index (χ1) is 12.8. The zero-order valence-corrected chi connectivity index (χ0v) is 16.2. The Bertz CT molecular complexity index is 1200. The molecule has 2 heterocycles. The third-order valence-electron chi connectivity index (χ3n) is 4.99. The molecule has 0 spiro atoms. The molecule has 0 bridgehead atoms. The van der Waals surface area contributed by atoms with Crippen LogP contribution in [0.1, 0.15) is 22.4 Å². The molecular formula is C21H21N3O2S. The second-order valence-electron chi connectivity index (χ2n) is 7.08. The normalized spacial score (nSPS) is 14.6. The molecular weight excluding hydrogens is 358 g/mol. The van der Waals surface area contributed by atoms with E-state index in [9.17, 15) is 8.42 Å². The first-order valence-electron chi connectivity index (χ1n) is 8.79. The van der Waals surface area contributed by atoms with Gasteiger partial charge in [0.05, 0.1) is 10.4 Å². The summed E-state index contributed by atoms with van der Waals surface area (Å²) >= 11 is 0. The average molecular weight is 379 g/mol. The highest BCUT2D eigenvalue weighted by molar-refractivity contribution is 7.89. The Morgan fingerprint density at radius 3 is 2.56 bits per heavy atom. The molecule has 1 aliphatic rings. The fourth-order valence-corrected chi connectivity index (χ4v) is 4.10. The van der Waals surface area contributed by atoms with Crippen LogP contribution in [0, 0.1) is 18.9 Å². The van der Waals surface area contributed by atoms with Gasteiger partial charge in [0.15, 0.2) is 0 Å². The SMILES string of the molecule is Cc1ccc2c(c1)c1c(n2C#Cc2ccc(S(N)(=O)=O)cc2)CN(C)CC1. The summed E-state index contributed by atoms with van der Waals surface area (Å²) < 4.78 is 24.9. The molecule has 138 valence electrons. The molecule has 0 saturated heterocycles. The second-order valence-corrected chi connectivity index (χ2v) is 8.64. The van der Waals surface area contributed by atoms with Gasteiger partial charge >= 0.3 is 0 Å². The lowest BCUT2D eigenvalue weighted by atomic mass is 10.0. The van der Waals surface area contributed by atoms with Gasteiger partial charge in [-0.05, 0) is 68.3 Å². The summed E-state index contributed by atoms with van der Waals surface area (Å²) in [5, 5.41) is 6.42. The fraction of sp³-hybridized carbons (Fsp3) is 0.238. The summed E-state index contributed by atoms with van der Waals surface area (Å²) in [5.41, 5.74) is 5.72. The molecule has 1 aromatic heterocycles. The molecule has 27 heavy (non-hydrogen) atoms. The number of hydrogen-bond acceptors (Lipinski definition) is 3. The number of nitrogens with two attached hydrogens (primary N) is 1. The van der Waals surface area contributed by atoms with Gasteiger partial charge in [-0.25, -0.2) is 13.6 Å². The number of likely N-dealkylation sites (N-methyl/N-ethyl adjacent to an activating group) is 1. The molecule has 0 amide bonds. The highest BCUT2D eigenvalue weighted by Gasteiger charge is 2.21. The smallest absolute Gasteiger partial charge is 0.238 e. The second kappa shape index (κ2) is 6.54. The van der Waals surface area contributed by atoms with Crippen molar-refractivity contribution in [2.75, 3.05) is 13.6 Å². The van der Waals surface area contributed by atoms with Gasteiger partial charge in [0.25, 0.3) is 0 Å². The Hall–Kier alpha value is -2.59. The van der Waals surface area contributed by atoms with Gasteiger partial charge in [-0.3, -0.25) is 4.57 Å². The topological polar surface area (TPSA) is 68.3 Å². The molecule has 0 atom stereocenters. The third kappa shape index (κ3) is 3.37. The van der Waals surface area contributed by atoms with Gasteiger partial charge in [0.1, 0.15) is 0 Å². The Morgan fingerprint density at radius 2 is 1.85 bits per heavy atom. The Kier molecular flexibility index (Phi) is 4.31. The maximum absolute atomic E-state index is 11.4. The average Bonchev–Trinajstić information content (AvgIpc) is 2.91. The van der Waals surface area contributed by atoms with Crippen LogP contribution in [0.2, 0.25) is 0 Å². The van der Waals surface area contributed by atoms with E-state index in [1.807, 2.05) is 0 Å². The van der Waals surface area contributed by atoms with Crippen LogP contribution >= 0.6 is 0 Å². The van der Waals surface area contributed by atoms with Crippen LogP contribution in [0.4, 0.5) is 0 Å². The van der Waals surface area contributed by atoms with Gasteiger partial charge in [-0.15, -0.1) is 0 Å². The molecule has 0 radical (unpaired) electrons. The van der Waals surface area contributed by atoms with Crippen molar-refractivity contribution in [1.82, 2.24) is 9.47 Å². The van der Waals surface area contributed by atoms with Crippen molar-refractivity contribution in [3.8, 4) is 12.0 Å². The maximum atomic E-state index is 11.4. The summed E-state index contributed by atoms with van der Waals surface area (Å²) in [7, 11) is -1.57. The van der Waals surface area contributed by atoms with E-state index >= 15 is 0 Å². The summed E-state index contributed by atoms with van der Waals surface area (Å²) in [6.07, 6.45) is 1.02. The first-order valence-corrected chi connectivity index (χ1v) is 10.3. The Morgan fingerprint density at radius 1 is 1.11 bits per heavy atom. The van der Waals surface area contributed by atoms with Gasteiger partial charge in [0.2, 0.25) is 10.0 Å². The van der Waals surface area contributed by atoms with Gasteiger partial charge in [-0.2, -0.15) is 0 Å². The number of benzene rings is 2. The molecule has 6 heteroatoms. The van der Waals surface area contributed by atoms with E-state index in [4.69, 9.17) is 5.14 Å². The van der Waals surface area contributed by atoms with Crippen molar-refractivity contribution in [3.05, 3.63) is 64.8 Å². The van der Waals surface area contributed by atoms with Gasteiger partial charge in [0, 0.05) is 35.8 Å². The van der Waals surface area contributed by atoms with Crippen LogP contribution in [0.15, 0.2) is 47.4 Å². The number of fused-ring (bicyclic) bond motifs is 3. The lowest BCUT2D eigenvalue weighted by Crippen LogP contribution is -2.27. The van der Waals surface area contributed by atoms with Crippen LogP contribution in [-0.4, -0.2) is 31.5 Å². The molecule has 2 aromatic carbocycles. The number of aryl methyl sites for hydroxylation is 1. The highest BCUT2D eigenvalue weighted by Crippen LogP contribution is 2.30. The monoisotopic (exact) mass is 379 g/mol. The van der Waals surface area contributed by atoms with E-state index in [-0.39, 0.29) is 4.90 Å². The van der Waals surface area contributed by atoms with Crippen molar-refractivity contribution in [2.24, 2.45) is 5.14 Å². The van der Waals surface area contributed by atoms with E-state index in [1.54, 1.807) is 12.1 Å². The predicted molar refractivity (Wildman–Crippen MR) is 107 cm³/mol. The lowest BCUT2D eigenvalue weighted by Gasteiger charge is -2.23. The van der Waals surface area contributed by atoms with Crippen molar-refractivity contribution in [3.63, 3.8) is 0 Å². The quantitative estimate of drug-likeness (QED) is 0.661. The number of rotatable bonds is 1. The van der Waals surface area contributed by atoms with Crippen LogP contribution in [0.25, 0.3) is 10.9 Å². The minimum absolute atomic E-state index is 0.0916. The van der Waals surface area contributed by atoms with E-state index in [0.29, 0.717) is 0 Å². The van der Waals surface area contributed by atoms with Crippen LogP contribution in [0.3, 0.4) is 0 Å². The number of primary sulfonamides is 1. The molecule has 0 aliphatic carbocycles. The summed E-state index contributed by atoms with van der Waals surface area (Å²) in [5.74, 6) is 3.16. The minimum atomic E-state index is -3.69. The van der Waals surface area contributed by atoms with Crippen molar-refractivity contribution in [2.45, 2.75) is 24.8 Å². The number of nitrogens with zero attached hydrogens (tertiary/aromatic N) is 2. The van der Waals surface area contributed by atoms with E-state index in [0.717, 1.165) is 30.6 Å². The standard InChI is InChI=1S/C21H21N3O2S/c1-15-3-8-20-19(13-15)18-10-11-23(2)14-21(18)24(20)12-9-16-4-6-17(7-5-16)27(22,25)26/h3-8,13H,10-11,14H2,1-2H3,(H2,22,25,26). The fourth-order valence-electron chi connectivity index (χ4n) is 3.58. The van der Waals surface area contributed by atoms with E-state index < -0.39 is 10.0 Å². The largest absolute Gasteiger partial charge is 0.300 e. The lowest BCUT2D eigenvalue weighted by molar-refractivity contribution is 0.308. The molecule has 2 N–H and O–H groups in total. The van der Waals surface area contributed by atoms with Crippen LogP contribution in [-0.2, 0) is 23.0 Å². The molecule has 0 saturated carbocycles. The van der Waals surface area contributed by atoms with Crippen LogP contribution < -0.4 is 5.14 Å². The van der Waals surface area contributed by atoms with Gasteiger partial charge in [-0.1, -0.05) is 11.6 Å². The molecule has 3 aromatic rings. The minimum Gasteiger partial charge on any atom is -0.300 e. The highest BCUT2D eigenvalue weighted by atomic mass is 32.2. The van der Waals surface area contributed by atoms with Crippen LogP contribution in [0.5, 0.6) is 0 Å². The number of sulfonamides is 1. The van der Waals surface area contributed by atoms with Crippen molar-refractivity contribution < 1.29 is 8.42 Å². The Labute approximate surface area is 159 Å². The zero-order valence-electron chi connectivity index (χ0n) is 15.4. The Balaban J connectivity index is 1.81. The summed E-state index contributed by atoms with van der Waals surface area (Å²) in [6.45, 7) is 4.02. The third-order valence-corrected chi connectivity index (χ3v) is 5.92. The number of aromatic nitrogens is 1. The molecule has 1 aliphatic heterocycles. The van der Waals surface area contributed by atoms with Crippen molar-refractivity contribution in [1.29, 1.82) is 0 Å². The van der Waals surface area contributed by atoms with E-state index in [1.165, 1.54) is 34.3 Å². The van der Waals surface area contributed by atoms with Gasteiger partial charge < -0.3 is 4.90 Å². The molecule has 0 fully saturated rings. The summed E-state index contributed by atoms with van der Waals surface area (Å²) in [4.78, 5) is 2.39. The van der Waals surface area contributed by atoms with E-state index in [2.05, 4.69) is 53.6 Å². The summed E-state index contributed by atoms with van der Waals surface area (Å²) in [6, 6.07) is 16.1. The molecule has 0 unspecified atom stereocenters. The number of hydrogen-bond donors (Lipinski definition) is 1.